The first-order valence-electron chi connectivity index (χ1n) is 4.77. The molecule has 0 fully saturated rings. The van der Waals surface area contributed by atoms with E-state index < -0.39 is 11.6 Å². The maximum absolute atomic E-state index is 11.6. The van der Waals surface area contributed by atoms with Gasteiger partial charge in [0.25, 0.3) is 0 Å². The molecule has 0 aliphatic heterocycles. The molecular formula is C10H18N2O3. The minimum Gasteiger partial charge on any atom is -0.345 e. The minimum absolute atomic E-state index is 0.123. The van der Waals surface area contributed by atoms with E-state index in [4.69, 9.17) is 0 Å². The van der Waals surface area contributed by atoms with Crippen molar-refractivity contribution in [3.8, 4) is 0 Å². The topological polar surface area (TPSA) is 75.3 Å². The number of carbonyl (C=O) groups is 3. The highest BCUT2D eigenvalue weighted by molar-refractivity contribution is 5.93. The van der Waals surface area contributed by atoms with E-state index in [9.17, 15) is 14.4 Å². The van der Waals surface area contributed by atoms with Gasteiger partial charge in [0.15, 0.2) is 5.78 Å². The summed E-state index contributed by atoms with van der Waals surface area (Å²) in [4.78, 5) is 33.4. The SMILES string of the molecule is CC(=O)NC(C)(C)C(=O)NC(C)C(C)=O. The fourth-order valence-corrected chi connectivity index (χ4v) is 0.976. The van der Waals surface area contributed by atoms with Gasteiger partial charge < -0.3 is 10.6 Å². The van der Waals surface area contributed by atoms with Crippen molar-refractivity contribution in [1.29, 1.82) is 0 Å². The van der Waals surface area contributed by atoms with Crippen LogP contribution in [-0.2, 0) is 14.4 Å². The van der Waals surface area contributed by atoms with Crippen LogP contribution < -0.4 is 10.6 Å². The first-order valence-corrected chi connectivity index (χ1v) is 4.77. The summed E-state index contributed by atoms with van der Waals surface area (Å²) in [5, 5.41) is 5.02. The molecule has 0 aromatic carbocycles. The summed E-state index contributed by atoms with van der Waals surface area (Å²) < 4.78 is 0. The Balaban J connectivity index is 4.43. The summed E-state index contributed by atoms with van der Waals surface area (Å²) in [5.74, 6) is -0.784. The summed E-state index contributed by atoms with van der Waals surface area (Å²) >= 11 is 0. The average Bonchev–Trinajstić information content (AvgIpc) is 2.01. The summed E-state index contributed by atoms with van der Waals surface area (Å²) in [7, 11) is 0. The lowest BCUT2D eigenvalue weighted by atomic mass is 10.0. The van der Waals surface area contributed by atoms with Crippen LogP contribution in [0.25, 0.3) is 0 Å². The Morgan fingerprint density at radius 2 is 1.60 bits per heavy atom. The lowest BCUT2D eigenvalue weighted by molar-refractivity contribution is -0.133. The van der Waals surface area contributed by atoms with Gasteiger partial charge in [0.2, 0.25) is 11.8 Å². The molecule has 0 aromatic rings. The molecule has 0 spiro atoms. The second-order valence-corrected chi connectivity index (χ2v) is 4.11. The molecule has 0 heterocycles. The first kappa shape index (κ1) is 13.6. The molecule has 0 aliphatic carbocycles. The molecule has 5 heteroatoms. The van der Waals surface area contributed by atoms with Gasteiger partial charge in [0, 0.05) is 6.92 Å². The Bertz CT molecular complexity index is 284. The standard InChI is InChI=1S/C10H18N2O3/c1-6(7(2)13)11-9(15)10(4,5)12-8(3)14/h6H,1-5H3,(H,11,15)(H,12,14). The van der Waals surface area contributed by atoms with E-state index in [-0.39, 0.29) is 17.6 Å². The Hall–Kier alpha value is -1.39. The lowest BCUT2D eigenvalue weighted by Crippen LogP contribution is -2.56. The zero-order valence-electron chi connectivity index (χ0n) is 9.80. The predicted octanol–water partition coefficient (Wildman–Crippen LogP) is -0.00520. The van der Waals surface area contributed by atoms with E-state index in [1.165, 1.54) is 13.8 Å². The molecule has 15 heavy (non-hydrogen) atoms. The second kappa shape index (κ2) is 4.91. The van der Waals surface area contributed by atoms with Crippen molar-refractivity contribution in [3.05, 3.63) is 0 Å². The van der Waals surface area contributed by atoms with Gasteiger partial charge >= 0.3 is 0 Å². The van der Waals surface area contributed by atoms with Crippen molar-refractivity contribution < 1.29 is 14.4 Å². The number of hydrogen-bond donors (Lipinski definition) is 2. The van der Waals surface area contributed by atoms with E-state index >= 15 is 0 Å². The number of carbonyl (C=O) groups excluding carboxylic acids is 3. The third kappa shape index (κ3) is 4.58. The van der Waals surface area contributed by atoms with Crippen molar-refractivity contribution in [3.63, 3.8) is 0 Å². The van der Waals surface area contributed by atoms with Crippen LogP contribution in [0.4, 0.5) is 0 Å². The van der Waals surface area contributed by atoms with Crippen LogP contribution in [0.3, 0.4) is 0 Å². The Morgan fingerprint density at radius 1 is 1.13 bits per heavy atom. The highest BCUT2D eigenvalue weighted by Crippen LogP contribution is 2.02. The zero-order valence-corrected chi connectivity index (χ0v) is 9.80. The number of rotatable bonds is 4. The molecule has 0 bridgehead atoms. The minimum atomic E-state index is -1.00. The molecule has 0 aromatic heterocycles. The Kier molecular flexibility index (Phi) is 4.45. The quantitative estimate of drug-likeness (QED) is 0.691. The summed E-state index contributed by atoms with van der Waals surface area (Å²) in [6, 6.07) is -0.537. The third-order valence-corrected chi connectivity index (χ3v) is 2.01. The van der Waals surface area contributed by atoms with Gasteiger partial charge in [-0.2, -0.15) is 0 Å². The summed E-state index contributed by atoms with van der Waals surface area (Å²) in [6.45, 7) is 7.50. The normalized spacial score (nSPS) is 12.9. The van der Waals surface area contributed by atoms with Gasteiger partial charge in [-0.15, -0.1) is 0 Å². The molecule has 86 valence electrons. The zero-order chi connectivity index (χ0) is 12.2. The Morgan fingerprint density at radius 3 is 1.93 bits per heavy atom. The van der Waals surface area contributed by atoms with E-state index in [0.29, 0.717) is 0 Å². The van der Waals surface area contributed by atoms with Gasteiger partial charge in [-0.05, 0) is 27.7 Å². The van der Waals surface area contributed by atoms with Crippen molar-refractivity contribution >= 4 is 17.6 Å². The fourth-order valence-electron chi connectivity index (χ4n) is 0.976. The van der Waals surface area contributed by atoms with Crippen LogP contribution in [0, 0.1) is 0 Å². The molecule has 2 amide bonds. The monoisotopic (exact) mass is 214 g/mol. The molecule has 0 radical (unpaired) electrons. The molecule has 5 nitrogen and oxygen atoms in total. The number of Topliss-reactive ketones (excluding diaryl/α,β-unsaturated/α-hetero) is 1. The van der Waals surface area contributed by atoms with Crippen molar-refractivity contribution in [2.45, 2.75) is 46.2 Å². The molecular weight excluding hydrogens is 196 g/mol. The number of nitrogens with one attached hydrogen (secondary N) is 2. The van der Waals surface area contributed by atoms with Crippen LogP contribution in [0.1, 0.15) is 34.6 Å². The molecule has 1 atom stereocenters. The fraction of sp³-hybridized carbons (Fsp3) is 0.700. The molecule has 0 saturated carbocycles. The summed E-state index contributed by atoms with van der Waals surface area (Å²) in [6.07, 6.45) is 0. The van der Waals surface area contributed by atoms with Crippen LogP contribution in [-0.4, -0.2) is 29.2 Å². The first-order chi connectivity index (χ1) is 6.66. The highest BCUT2D eigenvalue weighted by Gasteiger charge is 2.29. The Labute approximate surface area is 89.6 Å². The largest absolute Gasteiger partial charge is 0.345 e. The van der Waals surface area contributed by atoms with Crippen molar-refractivity contribution in [2.75, 3.05) is 0 Å². The second-order valence-electron chi connectivity index (χ2n) is 4.11. The van der Waals surface area contributed by atoms with E-state index in [1.54, 1.807) is 20.8 Å². The molecule has 0 aliphatic rings. The van der Waals surface area contributed by atoms with Crippen LogP contribution in [0.5, 0.6) is 0 Å². The van der Waals surface area contributed by atoms with Crippen LogP contribution >= 0.6 is 0 Å². The number of hydrogen-bond acceptors (Lipinski definition) is 3. The maximum Gasteiger partial charge on any atom is 0.245 e. The summed E-state index contributed by atoms with van der Waals surface area (Å²) in [5.41, 5.74) is -1.00. The van der Waals surface area contributed by atoms with Gasteiger partial charge in [-0.25, -0.2) is 0 Å². The molecule has 2 N–H and O–H groups in total. The number of ketones is 1. The maximum atomic E-state index is 11.6. The third-order valence-electron chi connectivity index (χ3n) is 2.01. The molecule has 0 saturated heterocycles. The van der Waals surface area contributed by atoms with E-state index in [1.807, 2.05) is 0 Å². The lowest BCUT2D eigenvalue weighted by Gasteiger charge is -2.25. The number of amides is 2. The van der Waals surface area contributed by atoms with Gasteiger partial charge in [0.05, 0.1) is 6.04 Å². The van der Waals surface area contributed by atoms with E-state index in [0.717, 1.165) is 0 Å². The van der Waals surface area contributed by atoms with Crippen LogP contribution in [0.2, 0.25) is 0 Å². The van der Waals surface area contributed by atoms with Gasteiger partial charge in [0.1, 0.15) is 5.54 Å². The molecule has 1 unspecified atom stereocenters. The molecule has 0 rings (SSSR count). The van der Waals surface area contributed by atoms with Crippen LogP contribution in [0.15, 0.2) is 0 Å². The predicted molar refractivity (Wildman–Crippen MR) is 56.2 cm³/mol. The van der Waals surface area contributed by atoms with Gasteiger partial charge in [-0.1, -0.05) is 0 Å². The highest BCUT2D eigenvalue weighted by atomic mass is 16.2. The van der Waals surface area contributed by atoms with Crippen molar-refractivity contribution in [1.82, 2.24) is 10.6 Å². The van der Waals surface area contributed by atoms with Crippen molar-refractivity contribution in [2.24, 2.45) is 0 Å². The smallest absolute Gasteiger partial charge is 0.245 e. The van der Waals surface area contributed by atoms with Gasteiger partial charge in [-0.3, -0.25) is 14.4 Å². The van der Waals surface area contributed by atoms with E-state index in [2.05, 4.69) is 10.6 Å². The average molecular weight is 214 g/mol.